The Labute approximate surface area is 140 Å². The summed E-state index contributed by atoms with van der Waals surface area (Å²) in [4.78, 5) is 5.06. The first-order valence-electron chi connectivity index (χ1n) is 8.25. The summed E-state index contributed by atoms with van der Waals surface area (Å²) < 4.78 is 5.70. The quantitative estimate of drug-likeness (QED) is 0.742. The van der Waals surface area contributed by atoms with Gasteiger partial charge < -0.3 is 9.84 Å². The molecule has 0 saturated carbocycles. The molecule has 1 unspecified atom stereocenters. The molecule has 0 amide bonds. The van der Waals surface area contributed by atoms with Crippen molar-refractivity contribution in [2.24, 2.45) is 5.92 Å². The number of ether oxygens (including phenoxy) is 1. The molecule has 1 aromatic rings. The second kappa shape index (κ2) is 9.02. The first kappa shape index (κ1) is 19.6. The highest BCUT2D eigenvalue weighted by atomic mass is 32.1. The Balaban J connectivity index is 2.53. The molecule has 1 N–H and O–H groups in total. The highest BCUT2D eigenvalue weighted by molar-refractivity contribution is 7.11. The SMILES string of the molecule is Cc1ccc(CN(CCC(C)C)CC(O)COC(C)(C)C)s1. The summed E-state index contributed by atoms with van der Waals surface area (Å²) in [6.45, 7) is 15.7. The van der Waals surface area contributed by atoms with Crippen molar-refractivity contribution in [1.29, 1.82) is 0 Å². The minimum atomic E-state index is -0.438. The van der Waals surface area contributed by atoms with Gasteiger partial charge in [-0.1, -0.05) is 13.8 Å². The van der Waals surface area contributed by atoms with Crippen LogP contribution in [0.15, 0.2) is 12.1 Å². The molecule has 0 radical (unpaired) electrons. The van der Waals surface area contributed by atoms with Gasteiger partial charge in [-0.3, -0.25) is 4.90 Å². The van der Waals surface area contributed by atoms with Crippen LogP contribution in [0.2, 0.25) is 0 Å². The van der Waals surface area contributed by atoms with Crippen LogP contribution in [0.5, 0.6) is 0 Å². The molecule has 0 aliphatic carbocycles. The van der Waals surface area contributed by atoms with Gasteiger partial charge in [0.2, 0.25) is 0 Å². The maximum atomic E-state index is 10.3. The standard InChI is InChI=1S/C18H33NO2S/c1-14(2)9-10-19(12-17-8-7-15(3)22-17)11-16(20)13-21-18(4,5)6/h7-8,14,16,20H,9-13H2,1-6H3. The molecule has 4 heteroatoms. The monoisotopic (exact) mass is 327 g/mol. The number of rotatable bonds is 9. The van der Waals surface area contributed by atoms with Crippen molar-refractivity contribution in [3.63, 3.8) is 0 Å². The summed E-state index contributed by atoms with van der Waals surface area (Å²) >= 11 is 1.84. The predicted molar refractivity (Wildman–Crippen MR) is 95.5 cm³/mol. The molecular formula is C18H33NO2S. The van der Waals surface area contributed by atoms with Crippen LogP contribution < -0.4 is 0 Å². The minimum Gasteiger partial charge on any atom is -0.389 e. The van der Waals surface area contributed by atoms with E-state index in [-0.39, 0.29) is 5.60 Å². The Bertz CT molecular complexity index is 423. The first-order valence-corrected chi connectivity index (χ1v) is 9.07. The Morgan fingerprint density at radius 1 is 1.27 bits per heavy atom. The summed E-state index contributed by atoms with van der Waals surface area (Å²) in [6.07, 6.45) is 0.712. The average molecular weight is 328 g/mol. The van der Waals surface area contributed by atoms with Gasteiger partial charge in [0.05, 0.1) is 18.3 Å². The second-order valence-electron chi connectivity index (χ2n) is 7.51. The lowest BCUT2D eigenvalue weighted by Gasteiger charge is -2.27. The number of hydrogen-bond donors (Lipinski definition) is 1. The van der Waals surface area contributed by atoms with Crippen LogP contribution in [-0.2, 0) is 11.3 Å². The summed E-state index contributed by atoms with van der Waals surface area (Å²) in [7, 11) is 0. The number of aliphatic hydroxyl groups is 1. The zero-order chi connectivity index (χ0) is 16.8. The Kier molecular flexibility index (Phi) is 8.04. The number of thiophene rings is 1. The molecule has 0 fully saturated rings. The van der Waals surface area contributed by atoms with Crippen LogP contribution in [0.1, 0.15) is 50.8 Å². The highest BCUT2D eigenvalue weighted by Gasteiger charge is 2.17. The fraction of sp³-hybridized carbons (Fsp3) is 0.778. The number of hydrogen-bond acceptors (Lipinski definition) is 4. The van der Waals surface area contributed by atoms with Gasteiger partial charge in [0.15, 0.2) is 0 Å². The van der Waals surface area contributed by atoms with Gasteiger partial charge in [0.1, 0.15) is 0 Å². The van der Waals surface area contributed by atoms with Crippen molar-refractivity contribution in [2.75, 3.05) is 19.7 Å². The molecule has 1 rings (SSSR count). The van der Waals surface area contributed by atoms with Crippen molar-refractivity contribution < 1.29 is 9.84 Å². The van der Waals surface area contributed by atoms with Crippen molar-refractivity contribution in [3.8, 4) is 0 Å². The average Bonchev–Trinajstić information content (AvgIpc) is 2.78. The van der Waals surface area contributed by atoms with Gasteiger partial charge in [-0.25, -0.2) is 0 Å². The molecule has 0 aliphatic rings. The molecule has 0 bridgehead atoms. The summed E-state index contributed by atoms with van der Waals surface area (Å²) in [5.41, 5.74) is -0.200. The van der Waals surface area contributed by atoms with Gasteiger partial charge >= 0.3 is 0 Å². The molecule has 0 spiro atoms. The van der Waals surface area contributed by atoms with Crippen LogP contribution in [0.3, 0.4) is 0 Å². The largest absolute Gasteiger partial charge is 0.389 e. The predicted octanol–water partition coefficient (Wildman–Crippen LogP) is 4.08. The smallest absolute Gasteiger partial charge is 0.0900 e. The lowest BCUT2D eigenvalue weighted by Crippen LogP contribution is -2.37. The zero-order valence-corrected chi connectivity index (χ0v) is 15.9. The Hall–Kier alpha value is -0.420. The van der Waals surface area contributed by atoms with Gasteiger partial charge in [-0.05, 0) is 58.7 Å². The maximum Gasteiger partial charge on any atom is 0.0900 e. The number of aryl methyl sites for hydroxylation is 1. The molecule has 0 saturated heterocycles. The van der Waals surface area contributed by atoms with Crippen LogP contribution >= 0.6 is 11.3 Å². The summed E-state index contributed by atoms with van der Waals surface area (Å²) in [6, 6.07) is 4.36. The van der Waals surface area contributed by atoms with E-state index in [1.54, 1.807) is 0 Å². The van der Waals surface area contributed by atoms with Crippen LogP contribution in [-0.4, -0.2) is 41.4 Å². The lowest BCUT2D eigenvalue weighted by molar-refractivity contribution is -0.0568. The topological polar surface area (TPSA) is 32.7 Å². The van der Waals surface area contributed by atoms with E-state index in [9.17, 15) is 5.11 Å². The fourth-order valence-electron chi connectivity index (χ4n) is 2.16. The van der Waals surface area contributed by atoms with E-state index in [4.69, 9.17) is 4.74 Å². The molecule has 22 heavy (non-hydrogen) atoms. The summed E-state index contributed by atoms with van der Waals surface area (Å²) in [5, 5.41) is 10.3. The van der Waals surface area contributed by atoms with E-state index in [1.807, 2.05) is 32.1 Å². The minimum absolute atomic E-state index is 0.200. The van der Waals surface area contributed by atoms with E-state index in [2.05, 4.69) is 37.8 Å². The van der Waals surface area contributed by atoms with Crippen LogP contribution in [0.25, 0.3) is 0 Å². The van der Waals surface area contributed by atoms with Gasteiger partial charge in [-0.2, -0.15) is 0 Å². The number of nitrogens with zero attached hydrogens (tertiary/aromatic N) is 1. The van der Waals surface area contributed by atoms with Crippen molar-refractivity contribution in [1.82, 2.24) is 4.90 Å². The highest BCUT2D eigenvalue weighted by Crippen LogP contribution is 2.18. The van der Waals surface area contributed by atoms with Crippen molar-refractivity contribution in [2.45, 2.75) is 66.2 Å². The van der Waals surface area contributed by atoms with E-state index in [0.29, 0.717) is 19.1 Å². The van der Waals surface area contributed by atoms with E-state index < -0.39 is 6.10 Å². The second-order valence-corrected chi connectivity index (χ2v) is 8.88. The molecule has 128 valence electrons. The molecule has 1 heterocycles. The molecule has 3 nitrogen and oxygen atoms in total. The van der Waals surface area contributed by atoms with Crippen LogP contribution in [0, 0.1) is 12.8 Å². The van der Waals surface area contributed by atoms with E-state index >= 15 is 0 Å². The van der Waals surface area contributed by atoms with Crippen molar-refractivity contribution >= 4 is 11.3 Å². The molecular weight excluding hydrogens is 294 g/mol. The third kappa shape index (κ3) is 8.89. The molecule has 0 aromatic carbocycles. The van der Waals surface area contributed by atoms with Crippen molar-refractivity contribution in [3.05, 3.63) is 21.9 Å². The third-order valence-electron chi connectivity index (χ3n) is 3.38. The molecule has 1 atom stereocenters. The molecule has 0 aliphatic heterocycles. The first-order chi connectivity index (χ1) is 10.2. The van der Waals surface area contributed by atoms with Crippen LogP contribution in [0.4, 0.5) is 0 Å². The van der Waals surface area contributed by atoms with Gasteiger partial charge in [0, 0.05) is 22.8 Å². The van der Waals surface area contributed by atoms with E-state index in [1.165, 1.54) is 9.75 Å². The third-order valence-corrected chi connectivity index (χ3v) is 4.36. The summed E-state index contributed by atoms with van der Waals surface area (Å²) in [5.74, 6) is 0.676. The zero-order valence-electron chi connectivity index (χ0n) is 15.1. The number of aliphatic hydroxyl groups excluding tert-OH is 1. The van der Waals surface area contributed by atoms with E-state index in [0.717, 1.165) is 19.5 Å². The van der Waals surface area contributed by atoms with Gasteiger partial charge in [0.25, 0.3) is 0 Å². The Morgan fingerprint density at radius 2 is 1.95 bits per heavy atom. The van der Waals surface area contributed by atoms with Gasteiger partial charge in [-0.15, -0.1) is 11.3 Å². The maximum absolute atomic E-state index is 10.3. The fourth-order valence-corrected chi connectivity index (χ4v) is 3.10. The molecule has 1 aromatic heterocycles. The lowest BCUT2D eigenvalue weighted by atomic mass is 10.1. The normalized spacial score (nSPS) is 14.0. The Morgan fingerprint density at radius 3 is 2.45 bits per heavy atom.